The maximum atomic E-state index is 13.8. The van der Waals surface area contributed by atoms with Crippen LogP contribution < -0.4 is 10.2 Å². The Kier molecular flexibility index (Phi) is 8.35. The summed E-state index contributed by atoms with van der Waals surface area (Å²) in [6.07, 6.45) is 1.64. The molecule has 0 bridgehead atoms. The highest BCUT2D eigenvalue weighted by Crippen LogP contribution is 2.23. The highest BCUT2D eigenvalue weighted by Gasteiger charge is 2.11. The normalized spacial score (nSPS) is 11.2. The molecule has 4 rings (SSSR count). The molecule has 0 aliphatic carbocycles. The van der Waals surface area contributed by atoms with Crippen molar-refractivity contribution >= 4 is 23.9 Å². The van der Waals surface area contributed by atoms with Gasteiger partial charge in [0.05, 0.1) is 12.0 Å². The third-order valence-corrected chi connectivity index (χ3v) is 6.45. The van der Waals surface area contributed by atoms with Gasteiger partial charge in [-0.1, -0.05) is 30.0 Å². The van der Waals surface area contributed by atoms with Crippen molar-refractivity contribution in [1.29, 1.82) is 0 Å². The highest BCUT2D eigenvalue weighted by molar-refractivity contribution is 7.99. The van der Waals surface area contributed by atoms with E-state index < -0.39 is 0 Å². The van der Waals surface area contributed by atoms with Crippen LogP contribution in [0, 0.1) is 33.5 Å². The molecule has 0 aliphatic heterocycles. The Labute approximate surface area is 219 Å². The zero-order valence-corrected chi connectivity index (χ0v) is 22.0. The van der Waals surface area contributed by atoms with Crippen LogP contribution in [0.5, 0.6) is 5.75 Å². The molecular weight excluding hydrogens is 489 g/mol. The van der Waals surface area contributed by atoms with Crippen molar-refractivity contribution in [2.45, 2.75) is 39.5 Å². The molecule has 0 atom stereocenters. The molecule has 4 aromatic rings. The van der Waals surface area contributed by atoms with Crippen LogP contribution in [0.15, 0.2) is 70.9 Å². The van der Waals surface area contributed by atoms with Gasteiger partial charge in [0.25, 0.3) is 5.91 Å². The van der Waals surface area contributed by atoms with Crippen LogP contribution in [0.1, 0.15) is 33.9 Å². The lowest BCUT2D eigenvalue weighted by Crippen LogP contribution is -2.19. The van der Waals surface area contributed by atoms with Crippen LogP contribution in [0.3, 0.4) is 0 Å². The van der Waals surface area contributed by atoms with Gasteiger partial charge in [0.2, 0.25) is 0 Å². The fourth-order valence-electron chi connectivity index (χ4n) is 3.88. The molecule has 0 fully saturated rings. The number of carbonyl (C=O) groups excluding carboxylic acids is 1. The summed E-state index contributed by atoms with van der Waals surface area (Å²) in [7, 11) is 0. The smallest absolute Gasteiger partial charge is 0.250 e. The number of thioether (sulfide) groups is 1. The average Bonchev–Trinajstić information content (AvgIpc) is 3.15. The van der Waals surface area contributed by atoms with Gasteiger partial charge in [-0.25, -0.2) is 19.8 Å². The number of hydrazone groups is 1. The number of aromatic nitrogens is 3. The Hall–Kier alpha value is -3.98. The summed E-state index contributed by atoms with van der Waals surface area (Å²) in [4.78, 5) is 20.9. The van der Waals surface area contributed by atoms with Crippen molar-refractivity contribution in [2.75, 3.05) is 5.75 Å². The zero-order chi connectivity index (χ0) is 26.4. The molecular formula is C28H28FN5O2S. The van der Waals surface area contributed by atoms with Gasteiger partial charge in [-0.3, -0.25) is 4.79 Å². The first kappa shape index (κ1) is 26.1. The van der Waals surface area contributed by atoms with Crippen molar-refractivity contribution in [3.05, 3.63) is 100 Å². The van der Waals surface area contributed by atoms with E-state index in [0.29, 0.717) is 16.5 Å². The summed E-state index contributed by atoms with van der Waals surface area (Å²) >= 11 is 1.27. The molecule has 37 heavy (non-hydrogen) atoms. The summed E-state index contributed by atoms with van der Waals surface area (Å²) in [5, 5.41) is 4.70. The Bertz CT molecular complexity index is 1410. The molecule has 0 aliphatic rings. The topological polar surface area (TPSA) is 81.4 Å². The Morgan fingerprint density at radius 2 is 1.76 bits per heavy atom. The molecule has 0 spiro atoms. The number of carbonyl (C=O) groups is 1. The standard InChI is InChI=1S/C28H28FN5O2S/c1-18-13-19(2)32-28(31-18)37-17-27(35)33-30-15-23-14-20(3)34(21(23)4)24-9-11-25(12-10-24)36-16-22-7-5-6-8-26(22)29/h5-15H,16-17H2,1-4H3,(H,33,35)/b30-15-. The van der Waals surface area contributed by atoms with Gasteiger partial charge in [-0.05, 0) is 70.2 Å². The molecule has 0 radical (unpaired) electrons. The molecule has 2 aromatic heterocycles. The maximum Gasteiger partial charge on any atom is 0.250 e. The largest absolute Gasteiger partial charge is 0.489 e. The van der Waals surface area contributed by atoms with Gasteiger partial charge in [-0.2, -0.15) is 5.10 Å². The van der Waals surface area contributed by atoms with E-state index in [1.54, 1.807) is 24.4 Å². The zero-order valence-electron chi connectivity index (χ0n) is 21.2. The molecule has 190 valence electrons. The number of nitrogens with zero attached hydrogens (tertiary/aromatic N) is 4. The first-order valence-electron chi connectivity index (χ1n) is 11.7. The summed E-state index contributed by atoms with van der Waals surface area (Å²) in [5.74, 6) is 0.314. The average molecular weight is 518 g/mol. The van der Waals surface area contributed by atoms with E-state index in [2.05, 4.69) is 25.1 Å². The summed E-state index contributed by atoms with van der Waals surface area (Å²) in [6.45, 7) is 7.96. The van der Waals surface area contributed by atoms with Crippen LogP contribution in [0.25, 0.3) is 5.69 Å². The minimum Gasteiger partial charge on any atom is -0.489 e. The Morgan fingerprint density at radius 3 is 2.46 bits per heavy atom. The van der Waals surface area contributed by atoms with Crippen molar-refractivity contribution in [3.8, 4) is 11.4 Å². The van der Waals surface area contributed by atoms with Gasteiger partial charge in [0, 0.05) is 39.6 Å². The van der Waals surface area contributed by atoms with Gasteiger partial charge < -0.3 is 9.30 Å². The third kappa shape index (κ3) is 6.83. The number of nitrogens with one attached hydrogen (secondary N) is 1. The Morgan fingerprint density at radius 1 is 1.05 bits per heavy atom. The van der Waals surface area contributed by atoms with Crippen LogP contribution in [-0.2, 0) is 11.4 Å². The van der Waals surface area contributed by atoms with Gasteiger partial charge in [-0.15, -0.1) is 0 Å². The van der Waals surface area contributed by atoms with Gasteiger partial charge >= 0.3 is 0 Å². The number of hydrogen-bond acceptors (Lipinski definition) is 6. The number of ether oxygens (including phenoxy) is 1. The van der Waals surface area contributed by atoms with Crippen molar-refractivity contribution in [1.82, 2.24) is 20.0 Å². The molecule has 2 heterocycles. The molecule has 1 amide bonds. The summed E-state index contributed by atoms with van der Waals surface area (Å²) in [5.41, 5.74) is 8.67. The number of benzene rings is 2. The minimum absolute atomic E-state index is 0.163. The van der Waals surface area contributed by atoms with E-state index in [1.807, 2.05) is 64.1 Å². The Balaban J connectivity index is 1.35. The highest BCUT2D eigenvalue weighted by atomic mass is 32.2. The fourth-order valence-corrected chi connectivity index (χ4v) is 4.62. The number of halogens is 1. The van der Waals surface area contributed by atoms with Crippen molar-refractivity contribution in [2.24, 2.45) is 5.10 Å². The van der Waals surface area contributed by atoms with Crippen molar-refractivity contribution in [3.63, 3.8) is 0 Å². The predicted molar refractivity (Wildman–Crippen MR) is 144 cm³/mol. The van der Waals surface area contributed by atoms with E-state index >= 15 is 0 Å². The maximum absolute atomic E-state index is 13.8. The molecule has 7 nitrogen and oxygen atoms in total. The van der Waals surface area contributed by atoms with Crippen LogP contribution in [0.2, 0.25) is 0 Å². The first-order valence-corrected chi connectivity index (χ1v) is 12.7. The second-order valence-electron chi connectivity index (χ2n) is 8.55. The molecule has 0 saturated heterocycles. The molecule has 0 unspecified atom stereocenters. The second-order valence-corrected chi connectivity index (χ2v) is 9.49. The van der Waals surface area contributed by atoms with Gasteiger partial charge in [0.1, 0.15) is 18.2 Å². The number of amides is 1. The van der Waals surface area contributed by atoms with Crippen LogP contribution >= 0.6 is 11.8 Å². The molecule has 9 heteroatoms. The molecule has 1 N–H and O–H groups in total. The lowest BCUT2D eigenvalue weighted by molar-refractivity contribution is -0.118. The quantitative estimate of drug-likeness (QED) is 0.138. The van der Waals surface area contributed by atoms with Crippen LogP contribution in [0.4, 0.5) is 4.39 Å². The van der Waals surface area contributed by atoms with E-state index in [9.17, 15) is 9.18 Å². The number of rotatable bonds is 9. The molecule has 0 saturated carbocycles. The van der Waals surface area contributed by atoms with Crippen LogP contribution in [-0.4, -0.2) is 32.4 Å². The number of aryl methyl sites for hydroxylation is 3. The molecule has 2 aromatic carbocycles. The SMILES string of the molecule is Cc1cc(C)nc(SCC(=O)N/N=C\c2cc(C)n(-c3ccc(OCc4ccccc4F)cc3)c2C)n1. The van der Waals surface area contributed by atoms with E-state index in [0.717, 1.165) is 34.0 Å². The first-order chi connectivity index (χ1) is 17.8. The van der Waals surface area contributed by atoms with E-state index in [-0.39, 0.29) is 24.1 Å². The summed E-state index contributed by atoms with van der Waals surface area (Å²) < 4.78 is 21.7. The van der Waals surface area contributed by atoms with E-state index in [4.69, 9.17) is 4.74 Å². The van der Waals surface area contributed by atoms with E-state index in [1.165, 1.54) is 17.8 Å². The third-order valence-electron chi connectivity index (χ3n) is 5.60. The summed E-state index contributed by atoms with van der Waals surface area (Å²) in [6, 6.07) is 18.1. The fraction of sp³-hybridized carbons (Fsp3) is 0.214. The van der Waals surface area contributed by atoms with Crippen molar-refractivity contribution < 1.29 is 13.9 Å². The lowest BCUT2D eigenvalue weighted by Gasteiger charge is -2.12. The minimum atomic E-state index is -0.280. The predicted octanol–water partition coefficient (Wildman–Crippen LogP) is 5.46. The lowest BCUT2D eigenvalue weighted by atomic mass is 10.2. The van der Waals surface area contributed by atoms with Gasteiger partial charge in [0.15, 0.2) is 5.16 Å². The number of hydrogen-bond donors (Lipinski definition) is 1. The second kappa shape index (κ2) is 11.8. The monoisotopic (exact) mass is 517 g/mol.